The van der Waals surface area contributed by atoms with Gasteiger partial charge in [-0.3, -0.25) is 9.78 Å². The lowest BCUT2D eigenvalue weighted by atomic mass is 10.1. The van der Waals surface area contributed by atoms with Gasteiger partial charge < -0.3 is 9.47 Å². The predicted molar refractivity (Wildman–Crippen MR) is 89.5 cm³/mol. The van der Waals surface area contributed by atoms with Crippen molar-refractivity contribution in [2.24, 2.45) is 0 Å². The van der Waals surface area contributed by atoms with Gasteiger partial charge in [0, 0.05) is 18.0 Å². The second-order valence-corrected chi connectivity index (χ2v) is 5.28. The van der Waals surface area contributed by atoms with Gasteiger partial charge in [-0.15, -0.1) is 0 Å². The minimum Gasteiger partial charge on any atom is -0.454 e. The summed E-state index contributed by atoms with van der Waals surface area (Å²) < 4.78 is 36.6. The van der Waals surface area contributed by atoms with E-state index >= 15 is 0 Å². The van der Waals surface area contributed by atoms with Crippen LogP contribution in [-0.4, -0.2) is 28.3 Å². The molecule has 8 heteroatoms. The van der Waals surface area contributed by atoms with Crippen LogP contribution in [0.1, 0.15) is 20.7 Å². The van der Waals surface area contributed by atoms with Crippen molar-refractivity contribution in [1.82, 2.24) is 9.97 Å². The highest BCUT2D eigenvalue weighted by atomic mass is 19.2. The molecule has 0 saturated carbocycles. The Morgan fingerprint density at radius 2 is 1.81 bits per heavy atom. The van der Waals surface area contributed by atoms with Gasteiger partial charge in [0.2, 0.25) is 5.88 Å². The number of hydrogen-bond donors (Lipinski definition) is 0. The van der Waals surface area contributed by atoms with Crippen LogP contribution in [0.5, 0.6) is 11.6 Å². The first-order chi connectivity index (χ1) is 13.0. The number of pyridine rings is 2. The summed E-state index contributed by atoms with van der Waals surface area (Å²) in [6.45, 7) is -0.648. The SMILES string of the molecule is O=C(COC(=O)c1cccnc1Oc1cccnc1)c1ccc(F)c(F)c1. The van der Waals surface area contributed by atoms with E-state index in [4.69, 9.17) is 9.47 Å². The maximum Gasteiger partial charge on any atom is 0.344 e. The van der Waals surface area contributed by atoms with Crippen LogP contribution < -0.4 is 4.74 Å². The summed E-state index contributed by atoms with van der Waals surface area (Å²) in [6, 6.07) is 8.88. The van der Waals surface area contributed by atoms with Crippen molar-refractivity contribution in [3.63, 3.8) is 0 Å². The molecule has 0 aliphatic heterocycles. The van der Waals surface area contributed by atoms with E-state index < -0.39 is 30.0 Å². The van der Waals surface area contributed by atoms with Gasteiger partial charge in [-0.2, -0.15) is 0 Å². The van der Waals surface area contributed by atoms with E-state index in [0.717, 1.165) is 18.2 Å². The van der Waals surface area contributed by atoms with Gasteiger partial charge in [-0.25, -0.2) is 18.6 Å². The van der Waals surface area contributed by atoms with Gasteiger partial charge in [0.15, 0.2) is 24.0 Å². The second-order valence-electron chi connectivity index (χ2n) is 5.28. The summed E-state index contributed by atoms with van der Waals surface area (Å²) in [5.74, 6) is -3.42. The smallest absolute Gasteiger partial charge is 0.344 e. The van der Waals surface area contributed by atoms with Crippen LogP contribution >= 0.6 is 0 Å². The zero-order valence-electron chi connectivity index (χ0n) is 13.8. The third-order valence-corrected chi connectivity index (χ3v) is 3.42. The third kappa shape index (κ3) is 4.49. The van der Waals surface area contributed by atoms with Gasteiger partial charge in [0.25, 0.3) is 0 Å². The summed E-state index contributed by atoms with van der Waals surface area (Å²) in [5.41, 5.74) is -0.112. The van der Waals surface area contributed by atoms with Crippen molar-refractivity contribution in [3.8, 4) is 11.6 Å². The van der Waals surface area contributed by atoms with Crippen LogP contribution in [0.15, 0.2) is 61.1 Å². The molecule has 0 amide bonds. The molecule has 0 fully saturated rings. The van der Waals surface area contributed by atoms with E-state index in [-0.39, 0.29) is 17.0 Å². The molecule has 0 saturated heterocycles. The molecule has 2 aromatic heterocycles. The molecule has 0 bridgehead atoms. The summed E-state index contributed by atoms with van der Waals surface area (Å²) in [6.07, 6.45) is 4.43. The molecule has 0 radical (unpaired) electrons. The van der Waals surface area contributed by atoms with Crippen molar-refractivity contribution in [1.29, 1.82) is 0 Å². The summed E-state index contributed by atoms with van der Waals surface area (Å²) in [7, 11) is 0. The molecular formula is C19H12F2N2O4. The van der Waals surface area contributed by atoms with Gasteiger partial charge in [0.05, 0.1) is 6.20 Å². The number of ketones is 1. The first-order valence-electron chi connectivity index (χ1n) is 7.73. The average Bonchev–Trinajstić information content (AvgIpc) is 2.69. The standard InChI is InChI=1S/C19H12F2N2O4/c20-15-6-5-12(9-16(15)21)17(24)11-26-19(25)14-4-2-8-23-18(14)27-13-3-1-7-22-10-13/h1-10H,11H2. The Labute approximate surface area is 152 Å². The fraction of sp³-hybridized carbons (Fsp3) is 0.0526. The highest BCUT2D eigenvalue weighted by Crippen LogP contribution is 2.22. The van der Waals surface area contributed by atoms with Crippen LogP contribution in [0.25, 0.3) is 0 Å². The van der Waals surface area contributed by atoms with Crippen LogP contribution in [0.3, 0.4) is 0 Å². The Kier molecular flexibility index (Phi) is 5.46. The number of Topliss-reactive ketones (excluding diaryl/α,β-unsaturated/α-hetero) is 1. The lowest BCUT2D eigenvalue weighted by Crippen LogP contribution is -2.15. The normalized spacial score (nSPS) is 10.3. The lowest BCUT2D eigenvalue weighted by Gasteiger charge is -2.09. The summed E-state index contributed by atoms with van der Waals surface area (Å²) in [4.78, 5) is 32.1. The van der Waals surface area contributed by atoms with Crippen LogP contribution in [0, 0.1) is 11.6 Å². The van der Waals surface area contributed by atoms with Crippen molar-refractivity contribution >= 4 is 11.8 Å². The molecule has 0 spiro atoms. The number of benzene rings is 1. The summed E-state index contributed by atoms with van der Waals surface area (Å²) >= 11 is 0. The minimum atomic E-state index is -1.16. The van der Waals surface area contributed by atoms with Gasteiger partial charge in [-0.05, 0) is 42.5 Å². The maximum absolute atomic E-state index is 13.2. The molecule has 6 nitrogen and oxygen atoms in total. The molecule has 0 unspecified atom stereocenters. The van der Waals surface area contributed by atoms with E-state index in [0.29, 0.717) is 5.75 Å². The first kappa shape index (κ1) is 18.1. The van der Waals surface area contributed by atoms with Crippen molar-refractivity contribution in [3.05, 3.63) is 83.8 Å². The molecule has 0 aliphatic rings. The maximum atomic E-state index is 13.2. The third-order valence-electron chi connectivity index (χ3n) is 3.42. The Morgan fingerprint density at radius 1 is 1.00 bits per heavy atom. The van der Waals surface area contributed by atoms with E-state index in [1.54, 1.807) is 18.3 Å². The molecule has 2 heterocycles. The number of rotatable bonds is 6. The molecule has 0 N–H and O–H groups in total. The number of esters is 1. The highest BCUT2D eigenvalue weighted by Gasteiger charge is 2.18. The zero-order valence-corrected chi connectivity index (χ0v) is 13.8. The van der Waals surface area contributed by atoms with E-state index in [1.165, 1.54) is 24.5 Å². The molecule has 0 atom stereocenters. The van der Waals surface area contributed by atoms with Crippen molar-refractivity contribution in [2.45, 2.75) is 0 Å². The van der Waals surface area contributed by atoms with Crippen LogP contribution in [0.4, 0.5) is 8.78 Å². The van der Waals surface area contributed by atoms with Crippen LogP contribution in [-0.2, 0) is 4.74 Å². The fourth-order valence-electron chi connectivity index (χ4n) is 2.11. The largest absolute Gasteiger partial charge is 0.454 e. The molecule has 136 valence electrons. The number of halogens is 2. The number of aromatic nitrogens is 2. The predicted octanol–water partition coefficient (Wildman–Crippen LogP) is 3.59. The van der Waals surface area contributed by atoms with Gasteiger partial charge >= 0.3 is 5.97 Å². The molecule has 3 rings (SSSR count). The lowest BCUT2D eigenvalue weighted by molar-refractivity contribution is 0.0471. The van der Waals surface area contributed by atoms with Gasteiger partial charge in [-0.1, -0.05) is 0 Å². The van der Waals surface area contributed by atoms with E-state index in [1.807, 2.05) is 0 Å². The highest BCUT2D eigenvalue weighted by molar-refractivity contribution is 5.99. The zero-order chi connectivity index (χ0) is 19.2. The first-order valence-corrected chi connectivity index (χ1v) is 7.73. The molecule has 3 aromatic rings. The van der Waals surface area contributed by atoms with E-state index in [2.05, 4.69) is 9.97 Å². The number of carbonyl (C=O) groups is 2. The second kappa shape index (κ2) is 8.13. The van der Waals surface area contributed by atoms with Gasteiger partial charge in [0.1, 0.15) is 11.3 Å². The Bertz CT molecular complexity index is 980. The molecule has 27 heavy (non-hydrogen) atoms. The minimum absolute atomic E-state index is 0.000519. The Morgan fingerprint density at radius 3 is 2.56 bits per heavy atom. The topological polar surface area (TPSA) is 78.4 Å². The Balaban J connectivity index is 1.69. The number of hydrogen-bond acceptors (Lipinski definition) is 6. The number of nitrogens with zero attached hydrogens (tertiary/aromatic N) is 2. The van der Waals surface area contributed by atoms with E-state index in [9.17, 15) is 18.4 Å². The monoisotopic (exact) mass is 370 g/mol. The number of ether oxygens (including phenoxy) is 2. The number of carbonyl (C=O) groups excluding carboxylic acids is 2. The quantitative estimate of drug-likeness (QED) is 0.487. The Hall–Kier alpha value is -3.68. The van der Waals surface area contributed by atoms with Crippen molar-refractivity contribution < 1.29 is 27.8 Å². The molecular weight excluding hydrogens is 358 g/mol. The fourth-order valence-corrected chi connectivity index (χ4v) is 2.11. The molecule has 1 aromatic carbocycles. The molecule has 0 aliphatic carbocycles. The van der Waals surface area contributed by atoms with Crippen LogP contribution in [0.2, 0.25) is 0 Å². The average molecular weight is 370 g/mol. The van der Waals surface area contributed by atoms with Crippen molar-refractivity contribution in [2.75, 3.05) is 6.61 Å². The summed E-state index contributed by atoms with van der Waals surface area (Å²) in [5, 5.41) is 0.